The van der Waals surface area contributed by atoms with Gasteiger partial charge in [0, 0.05) is 5.69 Å². The lowest BCUT2D eigenvalue weighted by Gasteiger charge is -2.18. The van der Waals surface area contributed by atoms with Gasteiger partial charge in [-0.15, -0.1) is 0 Å². The Hall–Kier alpha value is -1.59. The maximum Gasteiger partial charge on any atom is 0.339 e. The summed E-state index contributed by atoms with van der Waals surface area (Å²) >= 11 is 5.90. The number of hydrogen-bond acceptors (Lipinski definition) is 4. The number of ether oxygens (including phenoxy) is 1. The van der Waals surface area contributed by atoms with Gasteiger partial charge in [0.2, 0.25) is 5.91 Å². The molecular formula is C14H19ClN2O3. The normalized spacial score (nSPS) is 13.4. The van der Waals surface area contributed by atoms with Crippen LogP contribution < -0.4 is 11.1 Å². The second kappa shape index (κ2) is 7.26. The number of methoxy groups -OCH3 is 1. The Kier molecular flexibility index (Phi) is 5.98. The van der Waals surface area contributed by atoms with Crippen molar-refractivity contribution in [3.05, 3.63) is 28.8 Å². The number of esters is 1. The van der Waals surface area contributed by atoms with Crippen LogP contribution in [0.15, 0.2) is 18.2 Å². The van der Waals surface area contributed by atoms with Gasteiger partial charge < -0.3 is 15.8 Å². The van der Waals surface area contributed by atoms with Crippen molar-refractivity contribution in [2.75, 3.05) is 12.4 Å². The summed E-state index contributed by atoms with van der Waals surface area (Å²) in [5, 5.41) is 2.94. The number of rotatable bonds is 5. The Morgan fingerprint density at radius 2 is 2.10 bits per heavy atom. The maximum absolute atomic E-state index is 12.0. The first-order valence-corrected chi connectivity index (χ1v) is 6.72. The molecule has 3 N–H and O–H groups in total. The van der Waals surface area contributed by atoms with Crippen molar-refractivity contribution >= 4 is 29.2 Å². The first kappa shape index (κ1) is 16.5. The molecule has 2 atom stereocenters. The molecule has 0 aromatic heterocycles. The minimum Gasteiger partial charge on any atom is -0.465 e. The molecule has 0 saturated heterocycles. The standard InChI is InChI=1S/C14H19ClN2O3/c1-4-8(2)12(16)13(18)17-9-5-6-11(15)10(7-9)14(19)20-3/h5-8,12H,4,16H2,1-3H3,(H,17,18). The minimum atomic E-state index is -0.600. The third-order valence-corrected chi connectivity index (χ3v) is 3.53. The molecule has 20 heavy (non-hydrogen) atoms. The Labute approximate surface area is 123 Å². The highest BCUT2D eigenvalue weighted by Crippen LogP contribution is 2.21. The van der Waals surface area contributed by atoms with Gasteiger partial charge in [-0.1, -0.05) is 31.9 Å². The van der Waals surface area contributed by atoms with Crippen LogP contribution in [0.1, 0.15) is 30.6 Å². The van der Waals surface area contributed by atoms with Crippen LogP contribution in [0.3, 0.4) is 0 Å². The average Bonchev–Trinajstić information content (AvgIpc) is 2.46. The fourth-order valence-electron chi connectivity index (χ4n) is 1.61. The molecule has 1 amide bonds. The first-order valence-electron chi connectivity index (χ1n) is 6.35. The molecule has 5 nitrogen and oxygen atoms in total. The Morgan fingerprint density at radius 1 is 1.45 bits per heavy atom. The summed E-state index contributed by atoms with van der Waals surface area (Å²) in [5.41, 5.74) is 6.50. The van der Waals surface area contributed by atoms with Crippen LogP contribution in [-0.2, 0) is 9.53 Å². The highest BCUT2D eigenvalue weighted by molar-refractivity contribution is 6.33. The van der Waals surface area contributed by atoms with Crippen LogP contribution in [0.2, 0.25) is 5.02 Å². The molecule has 1 rings (SSSR count). The molecular weight excluding hydrogens is 280 g/mol. The van der Waals surface area contributed by atoms with Gasteiger partial charge in [-0.05, 0) is 24.1 Å². The molecule has 0 aliphatic rings. The SMILES string of the molecule is CCC(C)C(N)C(=O)Nc1ccc(Cl)c(C(=O)OC)c1. The number of hydrogen-bond donors (Lipinski definition) is 2. The Bertz CT molecular complexity index is 505. The zero-order valence-corrected chi connectivity index (χ0v) is 12.5. The summed E-state index contributed by atoms with van der Waals surface area (Å²) < 4.78 is 4.62. The van der Waals surface area contributed by atoms with E-state index in [0.717, 1.165) is 6.42 Å². The summed E-state index contributed by atoms with van der Waals surface area (Å²) in [7, 11) is 1.27. The summed E-state index contributed by atoms with van der Waals surface area (Å²) in [5.74, 6) is -0.780. The van der Waals surface area contributed by atoms with E-state index >= 15 is 0 Å². The number of benzene rings is 1. The molecule has 0 aliphatic carbocycles. The van der Waals surface area contributed by atoms with Crippen molar-refractivity contribution in [2.45, 2.75) is 26.3 Å². The smallest absolute Gasteiger partial charge is 0.339 e. The fraction of sp³-hybridized carbons (Fsp3) is 0.429. The third-order valence-electron chi connectivity index (χ3n) is 3.20. The van der Waals surface area contributed by atoms with Crippen LogP contribution in [0.4, 0.5) is 5.69 Å². The van der Waals surface area contributed by atoms with Gasteiger partial charge in [0.25, 0.3) is 0 Å². The quantitative estimate of drug-likeness (QED) is 0.818. The molecule has 1 aromatic rings. The fourth-order valence-corrected chi connectivity index (χ4v) is 1.80. The Morgan fingerprint density at radius 3 is 2.65 bits per heavy atom. The lowest BCUT2D eigenvalue weighted by Crippen LogP contribution is -2.40. The molecule has 0 heterocycles. The summed E-state index contributed by atoms with van der Waals surface area (Å²) in [6, 6.07) is 4.00. The number of anilines is 1. The number of nitrogens with two attached hydrogens (primary N) is 1. The van der Waals surface area contributed by atoms with E-state index in [4.69, 9.17) is 17.3 Å². The summed E-state index contributed by atoms with van der Waals surface area (Å²) in [6.45, 7) is 3.88. The molecule has 2 unspecified atom stereocenters. The maximum atomic E-state index is 12.0. The highest BCUT2D eigenvalue weighted by atomic mass is 35.5. The summed E-state index contributed by atoms with van der Waals surface area (Å²) in [6.07, 6.45) is 0.808. The number of halogens is 1. The zero-order chi connectivity index (χ0) is 15.3. The van der Waals surface area contributed by atoms with Crippen molar-refractivity contribution in [2.24, 2.45) is 11.7 Å². The molecule has 0 aliphatic heterocycles. The van der Waals surface area contributed by atoms with E-state index in [2.05, 4.69) is 10.1 Å². The van der Waals surface area contributed by atoms with Crippen LogP contribution in [0, 0.1) is 5.92 Å². The van der Waals surface area contributed by atoms with Gasteiger partial charge in [0.05, 0.1) is 23.7 Å². The van der Waals surface area contributed by atoms with E-state index < -0.39 is 12.0 Å². The number of amides is 1. The molecule has 1 aromatic carbocycles. The third kappa shape index (κ3) is 3.95. The molecule has 0 spiro atoms. The van der Waals surface area contributed by atoms with Gasteiger partial charge in [-0.2, -0.15) is 0 Å². The number of carbonyl (C=O) groups is 2. The first-order chi connectivity index (χ1) is 9.40. The summed E-state index contributed by atoms with van der Waals surface area (Å²) in [4.78, 5) is 23.5. The zero-order valence-electron chi connectivity index (χ0n) is 11.8. The van der Waals surface area contributed by atoms with Crippen molar-refractivity contribution in [1.29, 1.82) is 0 Å². The minimum absolute atomic E-state index is 0.0716. The molecule has 110 valence electrons. The van der Waals surface area contributed by atoms with Crippen molar-refractivity contribution in [1.82, 2.24) is 0 Å². The van der Waals surface area contributed by atoms with Gasteiger partial charge in [0.1, 0.15) is 0 Å². The largest absolute Gasteiger partial charge is 0.465 e. The van der Waals surface area contributed by atoms with Crippen molar-refractivity contribution in [3.8, 4) is 0 Å². The van der Waals surface area contributed by atoms with Crippen LogP contribution in [0.25, 0.3) is 0 Å². The van der Waals surface area contributed by atoms with E-state index in [-0.39, 0.29) is 22.4 Å². The van der Waals surface area contributed by atoms with Gasteiger partial charge in [-0.25, -0.2) is 4.79 Å². The van der Waals surface area contributed by atoms with Gasteiger partial charge in [-0.3, -0.25) is 4.79 Å². The van der Waals surface area contributed by atoms with E-state index in [1.54, 1.807) is 6.07 Å². The average molecular weight is 299 g/mol. The van der Waals surface area contributed by atoms with E-state index in [1.807, 2.05) is 13.8 Å². The van der Waals surface area contributed by atoms with Crippen molar-refractivity contribution in [3.63, 3.8) is 0 Å². The second-order valence-electron chi connectivity index (χ2n) is 4.59. The lowest BCUT2D eigenvalue weighted by atomic mass is 9.99. The lowest BCUT2D eigenvalue weighted by molar-refractivity contribution is -0.118. The highest BCUT2D eigenvalue weighted by Gasteiger charge is 2.20. The van der Waals surface area contributed by atoms with E-state index in [0.29, 0.717) is 5.69 Å². The van der Waals surface area contributed by atoms with Crippen LogP contribution in [-0.4, -0.2) is 25.0 Å². The Balaban J connectivity index is 2.88. The predicted octanol–water partition coefficient (Wildman–Crippen LogP) is 2.44. The molecule has 6 heteroatoms. The van der Waals surface area contributed by atoms with E-state index in [1.165, 1.54) is 19.2 Å². The molecule has 0 radical (unpaired) electrons. The van der Waals surface area contributed by atoms with Gasteiger partial charge in [0.15, 0.2) is 0 Å². The predicted molar refractivity (Wildman–Crippen MR) is 78.9 cm³/mol. The van der Waals surface area contributed by atoms with Gasteiger partial charge >= 0.3 is 5.97 Å². The second-order valence-corrected chi connectivity index (χ2v) is 4.99. The van der Waals surface area contributed by atoms with Crippen LogP contribution >= 0.6 is 11.6 Å². The monoisotopic (exact) mass is 298 g/mol. The van der Waals surface area contributed by atoms with Crippen molar-refractivity contribution < 1.29 is 14.3 Å². The number of carbonyl (C=O) groups excluding carboxylic acids is 2. The topological polar surface area (TPSA) is 81.4 Å². The number of nitrogens with one attached hydrogen (secondary N) is 1. The molecule has 0 bridgehead atoms. The van der Waals surface area contributed by atoms with E-state index in [9.17, 15) is 9.59 Å². The molecule has 0 saturated carbocycles. The van der Waals surface area contributed by atoms with Crippen LogP contribution in [0.5, 0.6) is 0 Å². The molecule has 0 fully saturated rings.